The highest BCUT2D eigenvalue weighted by atomic mass is 32.2. The van der Waals surface area contributed by atoms with Crippen molar-refractivity contribution in [3.63, 3.8) is 0 Å². The molecule has 158 valence electrons. The summed E-state index contributed by atoms with van der Waals surface area (Å²) < 4.78 is 2.01. The second kappa shape index (κ2) is 11.2. The molecule has 0 bridgehead atoms. The normalized spacial score (nSPS) is 15.7. The first-order valence-electron chi connectivity index (χ1n) is 10.3. The van der Waals surface area contributed by atoms with E-state index in [4.69, 9.17) is 4.99 Å². The van der Waals surface area contributed by atoms with Gasteiger partial charge in [0, 0.05) is 46.3 Å². The quantitative estimate of drug-likeness (QED) is 0.405. The van der Waals surface area contributed by atoms with Gasteiger partial charge in [-0.15, -0.1) is 10.2 Å². The summed E-state index contributed by atoms with van der Waals surface area (Å²) in [7, 11) is 1.99. The molecule has 2 heterocycles. The van der Waals surface area contributed by atoms with Gasteiger partial charge >= 0.3 is 0 Å². The summed E-state index contributed by atoms with van der Waals surface area (Å²) in [6.07, 6.45) is 3.29. The Kier molecular flexibility index (Phi) is 8.37. The van der Waals surface area contributed by atoms with Crippen molar-refractivity contribution in [3.8, 4) is 0 Å². The number of benzene rings is 1. The van der Waals surface area contributed by atoms with Crippen molar-refractivity contribution >= 4 is 17.7 Å². The second-order valence-electron chi connectivity index (χ2n) is 7.38. The van der Waals surface area contributed by atoms with Crippen LogP contribution in [0.5, 0.6) is 0 Å². The van der Waals surface area contributed by atoms with Gasteiger partial charge in [-0.2, -0.15) is 11.8 Å². The Bertz CT molecular complexity index is 767. The lowest BCUT2D eigenvalue weighted by molar-refractivity contribution is 0.172. The molecule has 1 N–H and O–H groups in total. The number of hydrogen-bond donors (Lipinski definition) is 1. The van der Waals surface area contributed by atoms with Gasteiger partial charge in [-0.25, -0.2) is 4.99 Å². The number of hydrogen-bond acceptors (Lipinski definition) is 5. The van der Waals surface area contributed by atoms with Crippen molar-refractivity contribution in [1.29, 1.82) is 0 Å². The van der Waals surface area contributed by atoms with Crippen LogP contribution in [0.4, 0.5) is 0 Å². The third kappa shape index (κ3) is 6.47. The van der Waals surface area contributed by atoms with Crippen LogP contribution >= 0.6 is 11.8 Å². The molecule has 1 aromatic heterocycles. The van der Waals surface area contributed by atoms with E-state index in [1.54, 1.807) is 0 Å². The Morgan fingerprint density at radius 3 is 2.55 bits per heavy atom. The zero-order valence-electron chi connectivity index (χ0n) is 17.8. The fourth-order valence-electron chi connectivity index (χ4n) is 3.38. The van der Waals surface area contributed by atoms with Crippen molar-refractivity contribution < 1.29 is 0 Å². The number of nitrogens with zero attached hydrogens (tertiary/aromatic N) is 6. The number of rotatable bonds is 8. The molecule has 1 aliphatic heterocycles. The van der Waals surface area contributed by atoms with Gasteiger partial charge in [-0.1, -0.05) is 30.3 Å². The second-order valence-corrected chi connectivity index (χ2v) is 8.37. The molecule has 0 spiro atoms. The van der Waals surface area contributed by atoms with Gasteiger partial charge < -0.3 is 14.8 Å². The van der Waals surface area contributed by atoms with Crippen molar-refractivity contribution in [1.82, 2.24) is 29.9 Å². The minimum absolute atomic E-state index is 0.548. The largest absolute Gasteiger partial charge is 0.356 e. The summed E-state index contributed by atoms with van der Waals surface area (Å²) in [6.45, 7) is 8.54. The van der Waals surface area contributed by atoms with Crippen LogP contribution in [0.1, 0.15) is 23.6 Å². The molecular weight excluding hydrogens is 382 g/mol. The molecular formula is C21H33N7S. The van der Waals surface area contributed by atoms with Crippen molar-refractivity contribution in [3.05, 3.63) is 47.5 Å². The highest BCUT2D eigenvalue weighted by Crippen LogP contribution is 2.09. The summed E-state index contributed by atoms with van der Waals surface area (Å²) in [5, 5.41) is 12.0. The van der Waals surface area contributed by atoms with E-state index in [0.29, 0.717) is 6.54 Å². The molecule has 0 aliphatic carbocycles. The van der Waals surface area contributed by atoms with Gasteiger partial charge in [-0.3, -0.25) is 4.90 Å². The minimum Gasteiger partial charge on any atom is -0.356 e. The van der Waals surface area contributed by atoms with E-state index in [1.165, 1.54) is 5.56 Å². The lowest BCUT2D eigenvalue weighted by Gasteiger charge is -2.36. The van der Waals surface area contributed by atoms with Gasteiger partial charge in [0.1, 0.15) is 12.4 Å². The first kappa shape index (κ1) is 21.6. The van der Waals surface area contributed by atoms with E-state index < -0.39 is 0 Å². The standard InChI is InChI=1S/C21H33N7S/c1-18-24-25-20(26(18)2)16-23-21(22-10-7-15-29-3)28-13-11-27(12-14-28)17-19-8-5-4-6-9-19/h4-6,8-9H,7,10-17H2,1-3H3,(H,22,23). The Balaban J connectivity index is 1.58. The SMILES string of the molecule is CSCCCNC(=NCc1nnc(C)n1C)N1CCN(Cc2ccccc2)CC1. The molecule has 0 saturated carbocycles. The zero-order valence-corrected chi connectivity index (χ0v) is 18.7. The molecule has 3 rings (SSSR count). The number of aryl methyl sites for hydroxylation is 1. The van der Waals surface area contributed by atoms with Crippen molar-refractivity contribution in [2.75, 3.05) is 44.7 Å². The molecule has 0 radical (unpaired) electrons. The molecule has 1 saturated heterocycles. The number of thioether (sulfide) groups is 1. The van der Waals surface area contributed by atoms with Gasteiger partial charge in [0.25, 0.3) is 0 Å². The Morgan fingerprint density at radius 1 is 1.14 bits per heavy atom. The predicted octanol–water partition coefficient (Wildman–Crippen LogP) is 2.14. The molecule has 29 heavy (non-hydrogen) atoms. The predicted molar refractivity (Wildman–Crippen MR) is 121 cm³/mol. The number of guanidine groups is 1. The summed E-state index contributed by atoms with van der Waals surface area (Å²) in [6, 6.07) is 10.7. The maximum absolute atomic E-state index is 4.88. The topological polar surface area (TPSA) is 61.6 Å². The smallest absolute Gasteiger partial charge is 0.194 e. The maximum Gasteiger partial charge on any atom is 0.194 e. The van der Waals surface area contributed by atoms with Crippen molar-refractivity contribution in [2.45, 2.75) is 26.4 Å². The molecule has 1 aliphatic rings. The van der Waals surface area contributed by atoms with E-state index in [0.717, 1.165) is 69.1 Å². The van der Waals surface area contributed by atoms with E-state index >= 15 is 0 Å². The molecule has 0 amide bonds. The molecule has 0 unspecified atom stereocenters. The lowest BCUT2D eigenvalue weighted by Crippen LogP contribution is -2.52. The third-order valence-electron chi connectivity index (χ3n) is 5.28. The third-order valence-corrected chi connectivity index (χ3v) is 5.98. The van der Waals surface area contributed by atoms with E-state index in [-0.39, 0.29) is 0 Å². The summed E-state index contributed by atoms with van der Waals surface area (Å²) in [5.74, 6) is 3.96. The molecule has 1 fully saturated rings. The highest BCUT2D eigenvalue weighted by Gasteiger charge is 2.20. The molecule has 2 aromatic rings. The number of nitrogens with one attached hydrogen (secondary N) is 1. The Labute approximate surface area is 178 Å². The van der Waals surface area contributed by atoms with Crippen LogP contribution in [0.2, 0.25) is 0 Å². The molecule has 1 aromatic carbocycles. The van der Waals surface area contributed by atoms with Crippen LogP contribution in [0, 0.1) is 6.92 Å². The molecule has 0 atom stereocenters. The monoisotopic (exact) mass is 415 g/mol. The first-order valence-corrected chi connectivity index (χ1v) is 11.7. The maximum atomic E-state index is 4.88. The van der Waals surface area contributed by atoms with Gasteiger partial charge in [-0.05, 0) is 30.9 Å². The molecule has 8 heteroatoms. The summed E-state index contributed by atoms with van der Waals surface area (Å²) >= 11 is 1.88. The average molecular weight is 416 g/mol. The fourth-order valence-corrected chi connectivity index (χ4v) is 3.81. The van der Waals surface area contributed by atoms with Crippen LogP contribution in [0.25, 0.3) is 0 Å². The van der Waals surface area contributed by atoms with E-state index in [1.807, 2.05) is 30.3 Å². The van der Waals surface area contributed by atoms with Gasteiger partial charge in [0.15, 0.2) is 11.8 Å². The zero-order chi connectivity index (χ0) is 20.5. The fraction of sp³-hybridized carbons (Fsp3) is 0.571. The van der Waals surface area contributed by atoms with Crippen LogP contribution in [0.3, 0.4) is 0 Å². The van der Waals surface area contributed by atoms with Crippen LogP contribution in [-0.2, 0) is 20.1 Å². The lowest BCUT2D eigenvalue weighted by atomic mass is 10.2. The summed E-state index contributed by atoms with van der Waals surface area (Å²) in [5.41, 5.74) is 1.38. The number of aromatic nitrogens is 3. The minimum atomic E-state index is 0.548. The van der Waals surface area contributed by atoms with Crippen LogP contribution in [0.15, 0.2) is 35.3 Å². The number of aliphatic imine (C=N–C) groups is 1. The van der Waals surface area contributed by atoms with E-state index in [2.05, 4.69) is 61.9 Å². The Morgan fingerprint density at radius 2 is 1.90 bits per heavy atom. The van der Waals surface area contributed by atoms with Crippen LogP contribution < -0.4 is 5.32 Å². The van der Waals surface area contributed by atoms with Gasteiger partial charge in [0.05, 0.1) is 0 Å². The average Bonchev–Trinajstić information content (AvgIpc) is 3.07. The Hall–Kier alpha value is -2.06. The van der Waals surface area contributed by atoms with Crippen LogP contribution in [-0.4, -0.2) is 75.3 Å². The van der Waals surface area contributed by atoms with Gasteiger partial charge in [0.2, 0.25) is 0 Å². The highest BCUT2D eigenvalue weighted by molar-refractivity contribution is 7.98. The van der Waals surface area contributed by atoms with Crippen molar-refractivity contribution in [2.24, 2.45) is 12.0 Å². The summed E-state index contributed by atoms with van der Waals surface area (Å²) in [4.78, 5) is 9.78. The number of piperazine rings is 1. The molecule has 7 nitrogen and oxygen atoms in total. The first-order chi connectivity index (χ1) is 14.2. The van der Waals surface area contributed by atoms with E-state index in [9.17, 15) is 0 Å².